The first kappa shape index (κ1) is 28.3. The van der Waals surface area contributed by atoms with Crippen LogP contribution in [0.15, 0.2) is 36.9 Å². The van der Waals surface area contributed by atoms with Crippen LogP contribution in [0.25, 0.3) is 0 Å². The van der Waals surface area contributed by atoms with E-state index in [-0.39, 0.29) is 35.8 Å². The third-order valence-electron chi connectivity index (χ3n) is 9.13. The SMILES string of the molecule is Cl.NC1CCN([C@H](Cc2ccc(Cl)cc2)C(=O)N2CCC(Cn3cncn3)(C3CCCCC3)CC2)CC1. The molecule has 3 fully saturated rings. The fraction of sp³-hybridized carbons (Fsp3) is 0.679. The summed E-state index contributed by atoms with van der Waals surface area (Å²) in [7, 11) is 0. The fourth-order valence-corrected chi connectivity index (χ4v) is 7.00. The molecule has 1 amide bonds. The van der Waals surface area contributed by atoms with Gasteiger partial charge in [0.25, 0.3) is 0 Å². The lowest BCUT2D eigenvalue weighted by Crippen LogP contribution is -2.56. The lowest BCUT2D eigenvalue weighted by Gasteiger charge is -2.49. The molecule has 9 heteroatoms. The summed E-state index contributed by atoms with van der Waals surface area (Å²) in [6.07, 6.45) is 14.8. The van der Waals surface area contributed by atoms with Crippen LogP contribution in [0.4, 0.5) is 0 Å². The van der Waals surface area contributed by atoms with E-state index >= 15 is 0 Å². The van der Waals surface area contributed by atoms with Crippen LogP contribution in [-0.2, 0) is 17.8 Å². The van der Waals surface area contributed by atoms with Gasteiger partial charge in [-0.05, 0) is 74.0 Å². The van der Waals surface area contributed by atoms with Gasteiger partial charge in [0.1, 0.15) is 12.7 Å². The Balaban J connectivity index is 0.00000320. The second-order valence-electron chi connectivity index (χ2n) is 11.3. The van der Waals surface area contributed by atoms with Crippen molar-refractivity contribution < 1.29 is 4.79 Å². The largest absolute Gasteiger partial charge is 0.341 e. The average molecular weight is 550 g/mol. The number of nitrogens with zero attached hydrogens (tertiary/aromatic N) is 5. The Labute approximate surface area is 232 Å². The van der Waals surface area contributed by atoms with Crippen molar-refractivity contribution in [1.82, 2.24) is 24.6 Å². The Kier molecular flexibility index (Phi) is 9.90. The molecule has 1 aliphatic carbocycles. The number of rotatable bonds is 7. The van der Waals surface area contributed by atoms with Crippen molar-refractivity contribution in [1.29, 1.82) is 0 Å². The number of aromatic nitrogens is 3. The van der Waals surface area contributed by atoms with Crippen LogP contribution in [-0.4, -0.2) is 68.7 Å². The van der Waals surface area contributed by atoms with Crippen molar-refractivity contribution in [2.24, 2.45) is 17.1 Å². The highest BCUT2D eigenvalue weighted by atomic mass is 35.5. The number of halogens is 2. The topological polar surface area (TPSA) is 80.3 Å². The molecule has 1 atom stereocenters. The summed E-state index contributed by atoms with van der Waals surface area (Å²) in [5, 5.41) is 5.18. The number of benzene rings is 1. The zero-order valence-electron chi connectivity index (χ0n) is 21.8. The van der Waals surface area contributed by atoms with Crippen LogP contribution in [0.3, 0.4) is 0 Å². The van der Waals surface area contributed by atoms with E-state index in [9.17, 15) is 4.79 Å². The van der Waals surface area contributed by atoms with Crippen LogP contribution in [0.5, 0.6) is 0 Å². The summed E-state index contributed by atoms with van der Waals surface area (Å²) >= 11 is 6.13. The molecule has 5 rings (SSSR count). The van der Waals surface area contributed by atoms with E-state index in [1.54, 1.807) is 6.33 Å². The van der Waals surface area contributed by atoms with E-state index in [2.05, 4.69) is 32.0 Å². The highest BCUT2D eigenvalue weighted by Gasteiger charge is 2.44. The van der Waals surface area contributed by atoms with Gasteiger partial charge in [0.2, 0.25) is 5.91 Å². The van der Waals surface area contributed by atoms with Crippen molar-refractivity contribution in [3.05, 3.63) is 47.5 Å². The quantitative estimate of drug-likeness (QED) is 0.547. The first-order valence-electron chi connectivity index (χ1n) is 13.9. The molecular formula is C28H42Cl2N6O. The second-order valence-corrected chi connectivity index (χ2v) is 11.8. The molecule has 37 heavy (non-hydrogen) atoms. The Morgan fingerprint density at radius 2 is 1.70 bits per heavy atom. The van der Waals surface area contributed by atoms with Crippen molar-refractivity contribution in [2.75, 3.05) is 26.2 Å². The summed E-state index contributed by atoms with van der Waals surface area (Å²) in [6, 6.07) is 8.07. The molecule has 2 aromatic rings. The highest BCUT2D eigenvalue weighted by molar-refractivity contribution is 6.30. The van der Waals surface area contributed by atoms with Crippen LogP contribution in [0.2, 0.25) is 5.02 Å². The Morgan fingerprint density at radius 1 is 1.03 bits per heavy atom. The molecule has 0 radical (unpaired) electrons. The predicted molar refractivity (Wildman–Crippen MR) is 150 cm³/mol. The number of carbonyl (C=O) groups excluding carboxylic acids is 1. The zero-order chi connectivity index (χ0) is 25.0. The van der Waals surface area contributed by atoms with Crippen molar-refractivity contribution in [3.8, 4) is 0 Å². The molecule has 0 spiro atoms. The molecule has 2 N–H and O–H groups in total. The average Bonchev–Trinajstić information content (AvgIpc) is 3.42. The van der Waals surface area contributed by atoms with Crippen LogP contribution >= 0.6 is 24.0 Å². The van der Waals surface area contributed by atoms with Gasteiger partial charge in [0.15, 0.2) is 0 Å². The third-order valence-corrected chi connectivity index (χ3v) is 9.38. The van der Waals surface area contributed by atoms with Gasteiger partial charge in [0.05, 0.1) is 6.04 Å². The van der Waals surface area contributed by atoms with E-state index in [4.69, 9.17) is 17.3 Å². The van der Waals surface area contributed by atoms with Crippen LogP contribution < -0.4 is 5.73 Å². The smallest absolute Gasteiger partial charge is 0.240 e. The van der Waals surface area contributed by atoms with E-state index in [0.29, 0.717) is 12.3 Å². The van der Waals surface area contributed by atoms with Gasteiger partial charge in [-0.15, -0.1) is 12.4 Å². The van der Waals surface area contributed by atoms with Gasteiger partial charge in [-0.25, -0.2) is 4.98 Å². The number of nitrogens with two attached hydrogens (primary N) is 1. The van der Waals surface area contributed by atoms with E-state index in [1.807, 2.05) is 23.1 Å². The monoisotopic (exact) mass is 548 g/mol. The maximum absolute atomic E-state index is 14.1. The van der Waals surface area contributed by atoms with Gasteiger partial charge in [0, 0.05) is 43.8 Å². The van der Waals surface area contributed by atoms with E-state index < -0.39 is 0 Å². The molecule has 0 unspecified atom stereocenters. The minimum Gasteiger partial charge on any atom is -0.341 e. The Morgan fingerprint density at radius 3 is 2.32 bits per heavy atom. The van der Waals surface area contributed by atoms with Crippen molar-refractivity contribution in [2.45, 2.75) is 82.8 Å². The number of carbonyl (C=O) groups is 1. The lowest BCUT2D eigenvalue weighted by molar-refractivity contribution is -0.141. The first-order valence-corrected chi connectivity index (χ1v) is 14.3. The standard InChI is InChI=1S/C28H41ClN6O.ClH/c29-24-8-6-22(7-9-24)18-26(33-14-10-25(30)11-15-33)27(36)34-16-12-28(13-17-34,19-35-21-31-20-32-35)23-4-2-1-3-5-23;/h6-9,20-21,23,25-26H,1-5,10-19,30H2;1H/t26-;/m1./s1. The van der Waals surface area contributed by atoms with Crippen molar-refractivity contribution >= 4 is 29.9 Å². The summed E-state index contributed by atoms with van der Waals surface area (Å²) < 4.78 is 2.02. The van der Waals surface area contributed by atoms with Crippen molar-refractivity contribution in [3.63, 3.8) is 0 Å². The second kappa shape index (κ2) is 12.9. The van der Waals surface area contributed by atoms with Gasteiger partial charge in [-0.1, -0.05) is 43.0 Å². The Bertz CT molecular complexity index is 963. The summed E-state index contributed by atoms with van der Waals surface area (Å²) in [6.45, 7) is 4.34. The zero-order valence-corrected chi connectivity index (χ0v) is 23.4. The molecule has 2 aliphatic heterocycles. The van der Waals surface area contributed by atoms with E-state index in [0.717, 1.165) is 69.0 Å². The summed E-state index contributed by atoms with van der Waals surface area (Å²) in [5.74, 6) is 0.986. The first-order chi connectivity index (χ1) is 17.5. The molecule has 0 bridgehead atoms. The molecule has 1 aromatic carbocycles. The molecular weight excluding hydrogens is 507 g/mol. The third kappa shape index (κ3) is 6.86. The minimum absolute atomic E-state index is 0. The molecule has 2 saturated heterocycles. The van der Waals surface area contributed by atoms with E-state index in [1.165, 1.54) is 32.1 Å². The number of hydrogen-bond donors (Lipinski definition) is 1. The number of amides is 1. The molecule has 1 aromatic heterocycles. The molecule has 7 nitrogen and oxygen atoms in total. The fourth-order valence-electron chi connectivity index (χ4n) is 6.88. The maximum Gasteiger partial charge on any atom is 0.240 e. The molecule has 3 aliphatic rings. The maximum atomic E-state index is 14.1. The number of hydrogen-bond acceptors (Lipinski definition) is 5. The van der Waals surface area contributed by atoms with Gasteiger partial charge >= 0.3 is 0 Å². The minimum atomic E-state index is -0.142. The number of piperidine rings is 2. The molecule has 3 heterocycles. The predicted octanol–water partition coefficient (Wildman–Crippen LogP) is 4.58. The molecule has 204 valence electrons. The molecule has 1 saturated carbocycles. The Hall–Kier alpha value is -1.67. The van der Waals surface area contributed by atoms with Gasteiger partial charge in [-0.2, -0.15) is 5.10 Å². The highest BCUT2D eigenvalue weighted by Crippen LogP contribution is 2.47. The lowest BCUT2D eigenvalue weighted by atomic mass is 9.63. The van der Waals surface area contributed by atoms with Gasteiger partial charge < -0.3 is 10.6 Å². The summed E-state index contributed by atoms with van der Waals surface area (Å²) in [5.41, 5.74) is 7.56. The number of likely N-dealkylation sites (tertiary alicyclic amines) is 2. The van der Waals surface area contributed by atoms with Crippen LogP contribution in [0.1, 0.15) is 63.4 Å². The van der Waals surface area contributed by atoms with Crippen LogP contribution in [0, 0.1) is 11.3 Å². The summed E-state index contributed by atoms with van der Waals surface area (Å²) in [4.78, 5) is 22.8. The normalized spacial score (nSPS) is 22.4. The van der Waals surface area contributed by atoms with Gasteiger partial charge in [-0.3, -0.25) is 14.4 Å².